The van der Waals surface area contributed by atoms with Crippen LogP contribution in [0, 0.1) is 5.82 Å². The number of rotatable bonds is 5. The van der Waals surface area contributed by atoms with E-state index in [2.05, 4.69) is 28.8 Å². The van der Waals surface area contributed by atoms with Gasteiger partial charge in [0.15, 0.2) is 0 Å². The Morgan fingerprint density at radius 2 is 2.13 bits per heavy atom. The number of likely N-dealkylation sites (N-methyl/N-ethyl adjacent to an activating group) is 1. The maximum absolute atomic E-state index is 13.1. The van der Waals surface area contributed by atoms with Crippen LogP contribution >= 0.6 is 0 Å². The Kier molecular flexibility index (Phi) is 4.57. The molecule has 0 aliphatic carbocycles. The minimum atomic E-state index is -0.359. The molecule has 0 radical (unpaired) electrons. The SMILES string of the molecule is CN(CC(=O)Nc1cccc(F)c1)Cc1cccc2c1NCC2. The van der Waals surface area contributed by atoms with Gasteiger partial charge in [0.2, 0.25) is 5.91 Å². The highest BCUT2D eigenvalue weighted by atomic mass is 19.1. The molecule has 0 saturated heterocycles. The fourth-order valence-corrected chi connectivity index (χ4v) is 2.90. The number of fused-ring (bicyclic) bond motifs is 1. The molecule has 2 N–H and O–H groups in total. The van der Waals surface area contributed by atoms with Gasteiger partial charge in [-0.3, -0.25) is 9.69 Å². The van der Waals surface area contributed by atoms with Gasteiger partial charge in [-0.25, -0.2) is 4.39 Å². The predicted octanol–water partition coefficient (Wildman–Crippen LogP) is 2.86. The first-order valence-electron chi connectivity index (χ1n) is 7.70. The van der Waals surface area contributed by atoms with Crippen molar-refractivity contribution < 1.29 is 9.18 Å². The molecule has 0 fully saturated rings. The summed E-state index contributed by atoms with van der Waals surface area (Å²) in [7, 11) is 1.90. The molecule has 120 valence electrons. The number of nitrogens with one attached hydrogen (secondary N) is 2. The van der Waals surface area contributed by atoms with E-state index in [1.165, 1.54) is 28.9 Å². The molecule has 23 heavy (non-hydrogen) atoms. The van der Waals surface area contributed by atoms with Crippen LogP contribution in [0.1, 0.15) is 11.1 Å². The molecule has 2 aromatic rings. The van der Waals surface area contributed by atoms with E-state index in [4.69, 9.17) is 0 Å². The minimum Gasteiger partial charge on any atom is -0.384 e. The summed E-state index contributed by atoms with van der Waals surface area (Å²) in [6.07, 6.45) is 1.05. The van der Waals surface area contributed by atoms with Crippen LogP contribution in [0.5, 0.6) is 0 Å². The van der Waals surface area contributed by atoms with Crippen molar-refractivity contribution in [2.75, 3.05) is 30.8 Å². The van der Waals surface area contributed by atoms with Crippen LogP contribution in [0.25, 0.3) is 0 Å². The standard InChI is InChI=1S/C18H20FN3O/c1-22(11-14-5-2-4-13-8-9-20-18(13)14)12-17(23)21-16-7-3-6-15(19)10-16/h2-7,10,20H,8-9,11-12H2,1H3,(H,21,23). The molecule has 3 rings (SSSR count). The molecule has 4 nitrogen and oxygen atoms in total. The lowest BCUT2D eigenvalue weighted by Crippen LogP contribution is -2.30. The lowest BCUT2D eigenvalue weighted by molar-refractivity contribution is -0.117. The molecular weight excluding hydrogens is 293 g/mol. The molecule has 0 spiro atoms. The second-order valence-electron chi connectivity index (χ2n) is 5.86. The number of hydrogen-bond donors (Lipinski definition) is 2. The number of nitrogens with zero attached hydrogens (tertiary/aromatic N) is 1. The Hall–Kier alpha value is -2.40. The fraction of sp³-hybridized carbons (Fsp3) is 0.278. The van der Waals surface area contributed by atoms with Crippen molar-refractivity contribution in [1.29, 1.82) is 0 Å². The molecule has 0 bridgehead atoms. The largest absolute Gasteiger partial charge is 0.384 e. The smallest absolute Gasteiger partial charge is 0.238 e. The first-order valence-corrected chi connectivity index (χ1v) is 7.70. The highest BCUT2D eigenvalue weighted by Gasteiger charge is 2.15. The van der Waals surface area contributed by atoms with Crippen molar-refractivity contribution in [1.82, 2.24) is 4.90 Å². The topological polar surface area (TPSA) is 44.4 Å². The van der Waals surface area contributed by atoms with Crippen molar-refractivity contribution in [3.05, 3.63) is 59.4 Å². The summed E-state index contributed by atoms with van der Waals surface area (Å²) >= 11 is 0. The van der Waals surface area contributed by atoms with E-state index in [-0.39, 0.29) is 18.3 Å². The molecule has 1 heterocycles. The van der Waals surface area contributed by atoms with Crippen LogP contribution in [0.15, 0.2) is 42.5 Å². The minimum absolute atomic E-state index is 0.154. The van der Waals surface area contributed by atoms with Crippen LogP contribution in [0.2, 0.25) is 0 Å². The summed E-state index contributed by atoms with van der Waals surface area (Å²) in [4.78, 5) is 14.0. The first kappa shape index (κ1) is 15.5. The van der Waals surface area contributed by atoms with Crippen LogP contribution < -0.4 is 10.6 Å². The second-order valence-corrected chi connectivity index (χ2v) is 5.86. The van der Waals surface area contributed by atoms with Gasteiger partial charge in [-0.15, -0.1) is 0 Å². The number of benzene rings is 2. The van der Waals surface area contributed by atoms with Crippen LogP contribution in [0.4, 0.5) is 15.8 Å². The van der Waals surface area contributed by atoms with Gasteiger partial charge in [-0.2, -0.15) is 0 Å². The molecule has 0 unspecified atom stereocenters. The number of carbonyl (C=O) groups excluding carboxylic acids is 1. The number of amides is 1. The Morgan fingerprint density at radius 3 is 2.96 bits per heavy atom. The van der Waals surface area contributed by atoms with E-state index in [0.717, 1.165) is 13.0 Å². The zero-order chi connectivity index (χ0) is 16.2. The van der Waals surface area contributed by atoms with Gasteiger partial charge in [-0.1, -0.05) is 24.3 Å². The third-order valence-corrected chi connectivity index (χ3v) is 3.90. The Labute approximate surface area is 135 Å². The Bertz CT molecular complexity index is 717. The van der Waals surface area contributed by atoms with Gasteiger partial charge in [0.25, 0.3) is 0 Å². The summed E-state index contributed by atoms with van der Waals surface area (Å²) in [5.74, 6) is -0.513. The Balaban J connectivity index is 1.58. The van der Waals surface area contributed by atoms with E-state index >= 15 is 0 Å². The van der Waals surface area contributed by atoms with Crippen LogP contribution in [0.3, 0.4) is 0 Å². The normalized spacial score (nSPS) is 12.8. The molecule has 1 amide bonds. The molecule has 0 saturated carbocycles. The fourth-order valence-electron chi connectivity index (χ4n) is 2.90. The maximum Gasteiger partial charge on any atom is 0.238 e. The lowest BCUT2D eigenvalue weighted by Gasteiger charge is -2.18. The molecule has 0 aromatic heterocycles. The second kappa shape index (κ2) is 6.79. The monoisotopic (exact) mass is 313 g/mol. The van der Waals surface area contributed by atoms with Crippen molar-refractivity contribution >= 4 is 17.3 Å². The van der Waals surface area contributed by atoms with Crippen molar-refractivity contribution in [2.45, 2.75) is 13.0 Å². The summed E-state index contributed by atoms with van der Waals surface area (Å²) in [6.45, 7) is 1.91. The summed E-state index contributed by atoms with van der Waals surface area (Å²) in [6, 6.07) is 12.2. The molecule has 0 atom stereocenters. The van der Waals surface area contributed by atoms with Gasteiger partial charge in [0.05, 0.1) is 6.54 Å². The van der Waals surface area contributed by atoms with Gasteiger partial charge in [0.1, 0.15) is 5.82 Å². The van der Waals surface area contributed by atoms with E-state index < -0.39 is 0 Å². The average Bonchev–Trinajstić information content (AvgIpc) is 2.96. The predicted molar refractivity (Wildman–Crippen MR) is 90.0 cm³/mol. The zero-order valence-corrected chi connectivity index (χ0v) is 13.1. The van der Waals surface area contributed by atoms with E-state index in [1.54, 1.807) is 12.1 Å². The van der Waals surface area contributed by atoms with Gasteiger partial charge >= 0.3 is 0 Å². The summed E-state index contributed by atoms with van der Waals surface area (Å²) in [5.41, 5.74) is 4.21. The quantitative estimate of drug-likeness (QED) is 0.892. The number of halogens is 1. The van der Waals surface area contributed by atoms with Crippen molar-refractivity contribution in [3.8, 4) is 0 Å². The van der Waals surface area contributed by atoms with Gasteiger partial charge in [-0.05, 0) is 42.8 Å². The lowest BCUT2D eigenvalue weighted by atomic mass is 10.1. The summed E-state index contributed by atoms with van der Waals surface area (Å²) in [5, 5.41) is 6.12. The molecular formula is C18H20FN3O. The highest BCUT2D eigenvalue weighted by molar-refractivity contribution is 5.92. The molecule has 1 aliphatic rings. The third-order valence-electron chi connectivity index (χ3n) is 3.90. The van der Waals surface area contributed by atoms with Gasteiger partial charge in [0, 0.05) is 24.5 Å². The molecule has 1 aliphatic heterocycles. The van der Waals surface area contributed by atoms with Crippen molar-refractivity contribution in [2.24, 2.45) is 0 Å². The number of carbonyl (C=O) groups is 1. The zero-order valence-electron chi connectivity index (χ0n) is 13.1. The Morgan fingerprint density at radius 1 is 1.30 bits per heavy atom. The first-order chi connectivity index (χ1) is 11.1. The average molecular weight is 313 g/mol. The number of anilines is 2. The third kappa shape index (κ3) is 3.87. The number of para-hydroxylation sites is 1. The van der Waals surface area contributed by atoms with E-state index in [9.17, 15) is 9.18 Å². The molecule has 5 heteroatoms. The van der Waals surface area contributed by atoms with E-state index in [1.807, 2.05) is 11.9 Å². The van der Waals surface area contributed by atoms with Crippen LogP contribution in [-0.2, 0) is 17.8 Å². The van der Waals surface area contributed by atoms with Crippen LogP contribution in [-0.4, -0.2) is 30.9 Å². The summed E-state index contributed by atoms with van der Waals surface area (Å²) < 4.78 is 13.1. The van der Waals surface area contributed by atoms with Crippen molar-refractivity contribution in [3.63, 3.8) is 0 Å². The maximum atomic E-state index is 13.1. The number of hydrogen-bond acceptors (Lipinski definition) is 3. The molecule has 2 aromatic carbocycles. The van der Waals surface area contributed by atoms with Gasteiger partial charge < -0.3 is 10.6 Å². The van der Waals surface area contributed by atoms with E-state index in [0.29, 0.717) is 12.2 Å². The highest BCUT2D eigenvalue weighted by Crippen LogP contribution is 2.27.